The molecule has 0 aliphatic heterocycles. The van der Waals surface area contributed by atoms with Crippen molar-refractivity contribution in [3.8, 4) is 0 Å². The molecule has 1 rings (SSSR count). The van der Waals surface area contributed by atoms with Crippen molar-refractivity contribution in [1.82, 2.24) is 0 Å². The molecule has 0 atom stereocenters. The minimum atomic E-state index is 1.01. The summed E-state index contributed by atoms with van der Waals surface area (Å²) in [5, 5.41) is 7.24. The van der Waals surface area contributed by atoms with E-state index in [0.29, 0.717) is 0 Å². The lowest BCUT2D eigenvalue weighted by Crippen LogP contribution is -1.89. The molecular formula is C11H13N. The fraction of sp³-hybridized carbons (Fsp3) is 0.182. The van der Waals surface area contributed by atoms with Crippen LogP contribution in [0.2, 0.25) is 0 Å². The number of allylic oxidation sites excluding steroid dienone is 1. The summed E-state index contributed by atoms with van der Waals surface area (Å²) in [6.45, 7) is 4.00. The molecular weight excluding hydrogens is 146 g/mol. The highest BCUT2D eigenvalue weighted by Gasteiger charge is 1.97. The van der Waals surface area contributed by atoms with Crippen LogP contribution >= 0.6 is 0 Å². The van der Waals surface area contributed by atoms with Crippen molar-refractivity contribution in [1.29, 1.82) is 5.41 Å². The molecule has 0 aliphatic rings. The van der Waals surface area contributed by atoms with Gasteiger partial charge in [-0.2, -0.15) is 0 Å². The van der Waals surface area contributed by atoms with Crippen LogP contribution in [0.25, 0.3) is 6.08 Å². The smallest absolute Gasteiger partial charge is 0.0259 e. The van der Waals surface area contributed by atoms with Gasteiger partial charge >= 0.3 is 0 Å². The van der Waals surface area contributed by atoms with Crippen molar-refractivity contribution in [3.63, 3.8) is 0 Å². The normalized spacial score (nSPS) is 10.5. The predicted octanol–water partition coefficient (Wildman–Crippen LogP) is 3.03. The minimum absolute atomic E-state index is 1.01. The zero-order valence-electron chi connectivity index (χ0n) is 7.46. The summed E-state index contributed by atoms with van der Waals surface area (Å²) in [4.78, 5) is 0. The second kappa shape index (κ2) is 3.86. The molecule has 0 fully saturated rings. The second-order valence-electron chi connectivity index (χ2n) is 2.72. The number of rotatable bonds is 2. The molecule has 0 saturated carbocycles. The molecule has 0 radical (unpaired) electrons. The van der Waals surface area contributed by atoms with Crippen molar-refractivity contribution in [3.05, 3.63) is 41.0 Å². The molecule has 0 heterocycles. The van der Waals surface area contributed by atoms with E-state index in [1.807, 2.05) is 44.2 Å². The summed E-state index contributed by atoms with van der Waals surface area (Å²) in [6.07, 6.45) is 5.42. The Hall–Kier alpha value is -1.37. The van der Waals surface area contributed by atoms with Gasteiger partial charge in [-0.15, -0.1) is 0 Å². The Balaban J connectivity index is 3.27. The Morgan fingerprint density at radius 3 is 2.67 bits per heavy atom. The first-order chi connectivity index (χ1) is 5.79. The molecule has 1 aromatic carbocycles. The zero-order valence-corrected chi connectivity index (χ0v) is 7.46. The molecule has 1 aromatic rings. The van der Waals surface area contributed by atoms with Crippen LogP contribution in [0.3, 0.4) is 0 Å². The average molecular weight is 159 g/mol. The standard InChI is InChI=1S/C11H13N/c1-3-5-10-7-4-6-9(2)11(10)8-12/h3-8,12H,1-2H3/b5-3-,12-8?. The molecule has 0 aromatic heterocycles. The number of hydrogen-bond acceptors (Lipinski definition) is 1. The van der Waals surface area contributed by atoms with Crippen LogP contribution in [0.5, 0.6) is 0 Å². The topological polar surface area (TPSA) is 23.9 Å². The summed E-state index contributed by atoms with van der Waals surface area (Å²) >= 11 is 0. The number of nitrogens with one attached hydrogen (secondary N) is 1. The molecule has 1 N–H and O–H groups in total. The van der Waals surface area contributed by atoms with Gasteiger partial charge in [0, 0.05) is 11.8 Å². The van der Waals surface area contributed by atoms with Gasteiger partial charge in [-0.3, -0.25) is 0 Å². The second-order valence-corrected chi connectivity index (χ2v) is 2.72. The number of benzene rings is 1. The van der Waals surface area contributed by atoms with Crippen LogP contribution in [0, 0.1) is 12.3 Å². The molecule has 0 saturated heterocycles. The van der Waals surface area contributed by atoms with Crippen molar-refractivity contribution < 1.29 is 0 Å². The molecule has 1 heteroatoms. The van der Waals surface area contributed by atoms with Crippen LogP contribution in [-0.2, 0) is 0 Å². The molecule has 0 unspecified atom stereocenters. The van der Waals surface area contributed by atoms with E-state index in [1.54, 1.807) is 0 Å². The monoisotopic (exact) mass is 159 g/mol. The van der Waals surface area contributed by atoms with Crippen molar-refractivity contribution in [2.24, 2.45) is 0 Å². The van der Waals surface area contributed by atoms with Gasteiger partial charge < -0.3 is 5.41 Å². The molecule has 12 heavy (non-hydrogen) atoms. The molecule has 0 bridgehead atoms. The largest absolute Gasteiger partial charge is 0.308 e. The highest BCUT2D eigenvalue weighted by Crippen LogP contribution is 2.13. The SMILES string of the molecule is C/C=C\c1cccc(C)c1C=N. The zero-order chi connectivity index (χ0) is 8.97. The number of aryl methyl sites for hydroxylation is 1. The summed E-state index contributed by atoms with van der Waals surface area (Å²) in [6, 6.07) is 6.05. The Labute approximate surface area is 73.3 Å². The summed E-state index contributed by atoms with van der Waals surface area (Å²) in [5.41, 5.74) is 3.28. The molecule has 62 valence electrons. The van der Waals surface area contributed by atoms with Crippen molar-refractivity contribution in [2.45, 2.75) is 13.8 Å². The van der Waals surface area contributed by atoms with E-state index in [1.165, 1.54) is 6.21 Å². The fourth-order valence-corrected chi connectivity index (χ4v) is 1.23. The quantitative estimate of drug-likeness (QED) is 0.641. The lowest BCUT2D eigenvalue weighted by atomic mass is 10.0. The third-order valence-corrected chi connectivity index (χ3v) is 1.85. The van der Waals surface area contributed by atoms with Crippen molar-refractivity contribution >= 4 is 12.3 Å². The Kier molecular flexibility index (Phi) is 2.81. The van der Waals surface area contributed by atoms with Gasteiger partial charge in [-0.05, 0) is 25.0 Å². The van der Waals surface area contributed by atoms with Gasteiger partial charge in [-0.25, -0.2) is 0 Å². The minimum Gasteiger partial charge on any atom is -0.308 e. The first-order valence-electron chi connectivity index (χ1n) is 4.02. The van der Waals surface area contributed by atoms with Gasteiger partial charge in [0.05, 0.1) is 0 Å². The fourth-order valence-electron chi connectivity index (χ4n) is 1.23. The van der Waals surface area contributed by atoms with E-state index in [-0.39, 0.29) is 0 Å². The van der Waals surface area contributed by atoms with Crippen LogP contribution in [-0.4, -0.2) is 6.21 Å². The first-order valence-corrected chi connectivity index (χ1v) is 4.02. The third-order valence-electron chi connectivity index (χ3n) is 1.85. The maximum Gasteiger partial charge on any atom is 0.0259 e. The van der Waals surface area contributed by atoms with E-state index in [4.69, 9.17) is 5.41 Å². The summed E-state index contributed by atoms with van der Waals surface area (Å²) < 4.78 is 0. The predicted molar refractivity (Wildman–Crippen MR) is 53.8 cm³/mol. The Morgan fingerprint density at radius 2 is 2.08 bits per heavy atom. The van der Waals surface area contributed by atoms with Gasteiger partial charge in [0.25, 0.3) is 0 Å². The lowest BCUT2D eigenvalue weighted by Gasteiger charge is -2.02. The van der Waals surface area contributed by atoms with Crippen LogP contribution in [0.1, 0.15) is 23.6 Å². The maximum atomic E-state index is 7.24. The van der Waals surface area contributed by atoms with E-state index >= 15 is 0 Å². The first kappa shape index (κ1) is 8.72. The van der Waals surface area contributed by atoms with E-state index in [0.717, 1.165) is 16.7 Å². The third kappa shape index (κ3) is 1.62. The lowest BCUT2D eigenvalue weighted by molar-refractivity contribution is 1.41. The van der Waals surface area contributed by atoms with Gasteiger partial charge in [0.15, 0.2) is 0 Å². The molecule has 0 amide bonds. The molecule has 0 spiro atoms. The van der Waals surface area contributed by atoms with Crippen LogP contribution in [0.15, 0.2) is 24.3 Å². The number of hydrogen-bond donors (Lipinski definition) is 1. The molecule has 0 aliphatic carbocycles. The van der Waals surface area contributed by atoms with E-state index in [9.17, 15) is 0 Å². The van der Waals surface area contributed by atoms with Crippen LogP contribution < -0.4 is 0 Å². The molecule has 1 nitrogen and oxygen atoms in total. The van der Waals surface area contributed by atoms with Crippen LogP contribution in [0.4, 0.5) is 0 Å². The highest BCUT2D eigenvalue weighted by molar-refractivity contribution is 5.85. The maximum absolute atomic E-state index is 7.24. The van der Waals surface area contributed by atoms with Gasteiger partial charge in [0.2, 0.25) is 0 Å². The van der Waals surface area contributed by atoms with Gasteiger partial charge in [0.1, 0.15) is 0 Å². The van der Waals surface area contributed by atoms with Gasteiger partial charge in [-0.1, -0.05) is 30.4 Å². The average Bonchev–Trinajstić information content (AvgIpc) is 2.05. The van der Waals surface area contributed by atoms with E-state index in [2.05, 4.69) is 0 Å². The highest BCUT2D eigenvalue weighted by atomic mass is 14.3. The summed E-state index contributed by atoms with van der Waals surface area (Å²) in [5.74, 6) is 0. The van der Waals surface area contributed by atoms with Crippen molar-refractivity contribution in [2.75, 3.05) is 0 Å². The Morgan fingerprint density at radius 1 is 1.33 bits per heavy atom. The Bertz CT molecular complexity index is 311. The summed E-state index contributed by atoms with van der Waals surface area (Å²) in [7, 11) is 0. The van der Waals surface area contributed by atoms with E-state index < -0.39 is 0 Å².